The lowest BCUT2D eigenvalue weighted by molar-refractivity contribution is 0.0698. The Morgan fingerprint density at radius 2 is 2.23 bits per heavy atom. The van der Waals surface area contributed by atoms with Crippen molar-refractivity contribution in [2.75, 3.05) is 5.73 Å². The van der Waals surface area contributed by atoms with E-state index in [1.807, 2.05) is 0 Å². The number of nitrogen functional groups attached to an aromatic ring is 1. The average molecular weight is 265 g/mol. The Bertz CT molecular complexity index is 354. The number of aromatic carboxylic acids is 1. The summed E-state index contributed by atoms with van der Waals surface area (Å²) in [5, 5.41) is 9.58. The maximum absolute atomic E-state index is 10.7. The lowest BCUT2D eigenvalue weighted by atomic mass is 10.1. The van der Waals surface area contributed by atoms with Crippen LogP contribution < -0.4 is 5.73 Å². The highest BCUT2D eigenvalue weighted by Crippen LogP contribution is 2.25. The quantitative estimate of drug-likeness (QED) is 0.637. The zero-order chi connectivity index (χ0) is 10.0. The summed E-state index contributed by atoms with van der Waals surface area (Å²) in [5.74, 6) is -1.07. The van der Waals surface area contributed by atoms with E-state index in [0.717, 1.165) is 5.56 Å². The van der Waals surface area contributed by atoms with E-state index < -0.39 is 5.97 Å². The van der Waals surface area contributed by atoms with Gasteiger partial charge in [-0.25, -0.2) is 4.79 Å². The van der Waals surface area contributed by atoms with Gasteiger partial charge in [0.2, 0.25) is 0 Å². The third kappa shape index (κ3) is 2.14. The van der Waals surface area contributed by atoms with E-state index in [1.54, 1.807) is 6.07 Å². The molecule has 0 heterocycles. The van der Waals surface area contributed by atoms with Crippen LogP contribution >= 0.6 is 27.5 Å². The minimum absolute atomic E-state index is 0.0435. The minimum atomic E-state index is -1.07. The largest absolute Gasteiger partial charge is 0.478 e. The van der Waals surface area contributed by atoms with E-state index in [0.29, 0.717) is 5.33 Å². The Hall–Kier alpha value is -0.740. The summed E-state index contributed by atoms with van der Waals surface area (Å²) in [6, 6.07) is 3.14. The van der Waals surface area contributed by atoms with Crippen molar-refractivity contribution in [3.63, 3.8) is 0 Å². The lowest BCUT2D eigenvalue weighted by Gasteiger charge is -2.05. The first-order chi connectivity index (χ1) is 6.06. The van der Waals surface area contributed by atoms with Crippen LogP contribution in [0, 0.1) is 0 Å². The first-order valence-corrected chi connectivity index (χ1v) is 4.93. The Labute approximate surface area is 88.6 Å². The first kappa shape index (κ1) is 10.3. The summed E-state index contributed by atoms with van der Waals surface area (Å²) in [5.41, 5.74) is 6.42. The number of anilines is 1. The molecule has 1 rings (SSSR count). The van der Waals surface area contributed by atoms with Crippen molar-refractivity contribution in [1.29, 1.82) is 0 Å². The van der Waals surface area contributed by atoms with E-state index >= 15 is 0 Å². The molecule has 0 aromatic heterocycles. The summed E-state index contributed by atoms with van der Waals surface area (Å²) < 4.78 is 0. The molecule has 70 valence electrons. The minimum Gasteiger partial charge on any atom is -0.478 e. The fraction of sp³-hybridized carbons (Fsp3) is 0.125. The molecule has 0 atom stereocenters. The van der Waals surface area contributed by atoms with E-state index in [2.05, 4.69) is 15.9 Å². The monoisotopic (exact) mass is 263 g/mol. The van der Waals surface area contributed by atoms with E-state index in [-0.39, 0.29) is 16.3 Å². The van der Waals surface area contributed by atoms with Crippen LogP contribution in [-0.2, 0) is 5.33 Å². The van der Waals surface area contributed by atoms with Crippen LogP contribution in [0.1, 0.15) is 15.9 Å². The molecular formula is C8H7BrClNO2. The standard InChI is InChI=1S/C8H7BrClNO2/c9-3-4-1-5(8(12)13)7(11)6(10)2-4/h1-2H,3,11H2,(H,12,13). The van der Waals surface area contributed by atoms with E-state index in [1.165, 1.54) is 6.07 Å². The second-order valence-electron chi connectivity index (χ2n) is 2.48. The summed E-state index contributed by atoms with van der Waals surface area (Å²) in [7, 11) is 0. The third-order valence-corrected chi connectivity index (χ3v) is 2.53. The van der Waals surface area contributed by atoms with Crippen molar-refractivity contribution in [3.8, 4) is 0 Å². The second-order valence-corrected chi connectivity index (χ2v) is 3.45. The maximum Gasteiger partial charge on any atom is 0.337 e. The van der Waals surface area contributed by atoms with Gasteiger partial charge in [-0.05, 0) is 17.7 Å². The van der Waals surface area contributed by atoms with Gasteiger partial charge < -0.3 is 10.8 Å². The number of hydrogen-bond acceptors (Lipinski definition) is 2. The molecule has 0 aliphatic heterocycles. The molecular weight excluding hydrogens is 257 g/mol. The first-order valence-electron chi connectivity index (χ1n) is 3.43. The van der Waals surface area contributed by atoms with Crippen LogP contribution in [-0.4, -0.2) is 11.1 Å². The number of carboxylic acids is 1. The topological polar surface area (TPSA) is 63.3 Å². The van der Waals surface area contributed by atoms with Gasteiger partial charge in [-0.3, -0.25) is 0 Å². The zero-order valence-electron chi connectivity index (χ0n) is 6.55. The molecule has 13 heavy (non-hydrogen) atoms. The molecule has 3 N–H and O–H groups in total. The van der Waals surface area contributed by atoms with Crippen molar-refractivity contribution < 1.29 is 9.90 Å². The zero-order valence-corrected chi connectivity index (χ0v) is 8.89. The highest BCUT2D eigenvalue weighted by atomic mass is 79.9. The molecule has 1 aromatic carbocycles. The van der Waals surface area contributed by atoms with Crippen molar-refractivity contribution >= 4 is 39.2 Å². The van der Waals surface area contributed by atoms with Gasteiger partial charge in [-0.2, -0.15) is 0 Å². The highest BCUT2D eigenvalue weighted by Gasteiger charge is 2.11. The fourth-order valence-corrected chi connectivity index (χ4v) is 1.49. The third-order valence-electron chi connectivity index (χ3n) is 1.57. The normalized spacial score (nSPS) is 10.0. The predicted octanol–water partition coefficient (Wildman–Crippen LogP) is 2.52. The van der Waals surface area contributed by atoms with Gasteiger partial charge in [0.15, 0.2) is 0 Å². The lowest BCUT2D eigenvalue weighted by Crippen LogP contribution is -2.03. The Morgan fingerprint density at radius 3 is 2.69 bits per heavy atom. The Balaban J connectivity index is 3.33. The Morgan fingerprint density at radius 1 is 1.62 bits per heavy atom. The SMILES string of the molecule is Nc1c(Cl)cc(CBr)cc1C(=O)O. The molecule has 0 saturated heterocycles. The number of hydrogen-bond donors (Lipinski definition) is 2. The van der Waals surface area contributed by atoms with Gasteiger partial charge in [0.05, 0.1) is 16.3 Å². The van der Waals surface area contributed by atoms with Crippen LogP contribution in [0.5, 0.6) is 0 Å². The van der Waals surface area contributed by atoms with Crippen LogP contribution in [0.2, 0.25) is 5.02 Å². The average Bonchev–Trinajstić information content (AvgIpc) is 2.09. The van der Waals surface area contributed by atoms with Gasteiger partial charge in [0.1, 0.15) is 0 Å². The molecule has 0 aliphatic carbocycles. The predicted molar refractivity (Wildman–Crippen MR) is 55.5 cm³/mol. The molecule has 0 radical (unpaired) electrons. The van der Waals surface area contributed by atoms with Crippen LogP contribution in [0.25, 0.3) is 0 Å². The highest BCUT2D eigenvalue weighted by molar-refractivity contribution is 9.08. The van der Waals surface area contributed by atoms with Gasteiger partial charge in [0, 0.05) is 5.33 Å². The molecule has 3 nitrogen and oxygen atoms in total. The van der Waals surface area contributed by atoms with Gasteiger partial charge in [0.25, 0.3) is 0 Å². The van der Waals surface area contributed by atoms with Gasteiger partial charge in [-0.15, -0.1) is 0 Å². The molecule has 0 fully saturated rings. The smallest absolute Gasteiger partial charge is 0.337 e. The molecule has 0 bridgehead atoms. The maximum atomic E-state index is 10.7. The number of nitrogens with two attached hydrogens (primary N) is 1. The summed E-state index contributed by atoms with van der Waals surface area (Å²) in [6.45, 7) is 0. The van der Waals surface area contributed by atoms with Crippen molar-refractivity contribution in [2.45, 2.75) is 5.33 Å². The number of benzene rings is 1. The van der Waals surface area contributed by atoms with Crippen LogP contribution in [0.15, 0.2) is 12.1 Å². The molecule has 1 aromatic rings. The molecule has 0 saturated carbocycles. The molecule has 0 amide bonds. The molecule has 5 heteroatoms. The van der Waals surface area contributed by atoms with Crippen molar-refractivity contribution in [3.05, 3.63) is 28.3 Å². The van der Waals surface area contributed by atoms with Crippen molar-refractivity contribution in [2.24, 2.45) is 0 Å². The van der Waals surface area contributed by atoms with E-state index in [4.69, 9.17) is 22.4 Å². The van der Waals surface area contributed by atoms with Crippen LogP contribution in [0.4, 0.5) is 5.69 Å². The number of halogens is 2. The number of carboxylic acid groups (broad SMARTS) is 1. The summed E-state index contributed by atoms with van der Waals surface area (Å²) >= 11 is 8.94. The summed E-state index contributed by atoms with van der Waals surface area (Å²) in [6.07, 6.45) is 0. The molecule has 0 unspecified atom stereocenters. The molecule has 0 spiro atoms. The van der Waals surface area contributed by atoms with E-state index in [9.17, 15) is 4.79 Å². The van der Waals surface area contributed by atoms with Gasteiger partial charge in [-0.1, -0.05) is 27.5 Å². The number of carbonyl (C=O) groups is 1. The van der Waals surface area contributed by atoms with Crippen molar-refractivity contribution in [1.82, 2.24) is 0 Å². The van der Waals surface area contributed by atoms with Gasteiger partial charge >= 0.3 is 5.97 Å². The molecule has 0 aliphatic rings. The summed E-state index contributed by atoms with van der Waals surface area (Å²) in [4.78, 5) is 10.7. The van der Waals surface area contributed by atoms with Crippen LogP contribution in [0.3, 0.4) is 0 Å². The number of rotatable bonds is 2. The number of alkyl halides is 1. The second kappa shape index (κ2) is 3.98. The Kier molecular flexibility index (Phi) is 3.17. The fourth-order valence-electron chi connectivity index (χ4n) is 0.928.